The lowest BCUT2D eigenvalue weighted by atomic mass is 10.4. The average Bonchev–Trinajstić information content (AvgIpc) is 3.58. The maximum Gasteiger partial charge on any atom is 0.414 e. The molecule has 0 aliphatic rings. The van der Waals surface area contributed by atoms with Crippen LogP contribution < -0.4 is 16.0 Å². The van der Waals surface area contributed by atoms with E-state index in [2.05, 4.69) is 77.8 Å². The Morgan fingerprint density at radius 3 is 1.21 bits per heavy atom. The van der Waals surface area contributed by atoms with Gasteiger partial charge in [-0.3, -0.25) is 20.9 Å². The van der Waals surface area contributed by atoms with E-state index in [-0.39, 0.29) is 57.3 Å². The van der Waals surface area contributed by atoms with Crippen LogP contribution in [0.3, 0.4) is 0 Å². The molecule has 0 spiro atoms. The van der Waals surface area contributed by atoms with E-state index in [1.165, 1.54) is 0 Å². The van der Waals surface area contributed by atoms with E-state index in [4.69, 9.17) is 14.2 Å². The second-order valence-corrected chi connectivity index (χ2v) is 5.87. The molecule has 3 aromatic heterocycles. The molecule has 0 fully saturated rings. The number of aromatic nitrogens is 12. The second kappa shape index (κ2) is 12.7. The highest BCUT2D eigenvalue weighted by atomic mass is 16.6. The zero-order valence-corrected chi connectivity index (χ0v) is 17.2. The number of amides is 3. The summed E-state index contributed by atoms with van der Waals surface area (Å²) in [4.78, 5) is 36.9. The molecule has 3 rings (SSSR count). The minimum atomic E-state index is -0.786. The number of hydrogen-bond donors (Lipinski definition) is 6. The minimum absolute atomic E-state index is 0.0181. The van der Waals surface area contributed by atoms with E-state index >= 15 is 0 Å². The molecule has 0 aliphatic carbocycles. The summed E-state index contributed by atoms with van der Waals surface area (Å²) in [5.74, 6) is 0.0544. The molecule has 0 unspecified atom stereocenters. The van der Waals surface area contributed by atoms with Crippen molar-refractivity contribution in [3.63, 3.8) is 0 Å². The average molecular weight is 482 g/mol. The highest BCUT2D eigenvalue weighted by Crippen LogP contribution is 1.98. The van der Waals surface area contributed by atoms with Gasteiger partial charge >= 0.3 is 18.3 Å². The predicted molar refractivity (Wildman–Crippen MR) is 104 cm³/mol. The fourth-order valence-electron chi connectivity index (χ4n) is 2.17. The van der Waals surface area contributed by atoms with Crippen LogP contribution in [0, 0.1) is 0 Å². The molecule has 3 aromatic rings. The van der Waals surface area contributed by atoms with Crippen LogP contribution >= 0.6 is 0 Å². The van der Waals surface area contributed by atoms with Crippen molar-refractivity contribution >= 4 is 36.1 Å². The number of carbonyl (C=O) groups excluding carboxylic acids is 3. The molecular formula is C12H18N16O6. The van der Waals surface area contributed by atoms with Gasteiger partial charge in [0.1, 0.15) is 19.8 Å². The molecule has 0 saturated heterocycles. The van der Waals surface area contributed by atoms with Gasteiger partial charge in [0.05, 0.1) is 0 Å². The van der Waals surface area contributed by atoms with Crippen LogP contribution in [0.4, 0.5) is 32.2 Å². The molecule has 0 aromatic carbocycles. The molecular weight excluding hydrogens is 464 g/mol. The summed E-state index contributed by atoms with van der Waals surface area (Å²) in [5.41, 5.74) is 0. The fraction of sp³-hybridized carbons (Fsp3) is 0.500. The van der Waals surface area contributed by atoms with Crippen LogP contribution in [0.5, 0.6) is 0 Å². The van der Waals surface area contributed by atoms with Crippen molar-refractivity contribution < 1.29 is 28.6 Å². The van der Waals surface area contributed by atoms with Crippen molar-refractivity contribution in [3.05, 3.63) is 0 Å². The van der Waals surface area contributed by atoms with E-state index < -0.39 is 18.3 Å². The van der Waals surface area contributed by atoms with Crippen LogP contribution in [0.1, 0.15) is 0 Å². The summed E-state index contributed by atoms with van der Waals surface area (Å²) in [6.07, 6.45) is -2.36. The maximum atomic E-state index is 11.7. The number of rotatable bonds is 12. The SMILES string of the molecule is O=C(Nc1nnn[nH]1)OCCN(CCOC(=O)Nc1nnn[nH]1)CCOC(=O)Nc1nnn[nH]1. The smallest absolute Gasteiger partial charge is 0.414 e. The van der Waals surface area contributed by atoms with Gasteiger partial charge in [-0.25, -0.2) is 29.7 Å². The number of tetrazole rings is 3. The Balaban J connectivity index is 1.39. The van der Waals surface area contributed by atoms with Gasteiger partial charge in [0.15, 0.2) is 0 Å². The molecule has 0 radical (unpaired) electrons. The third-order valence-corrected chi connectivity index (χ3v) is 3.62. The lowest BCUT2D eigenvalue weighted by Gasteiger charge is -2.21. The van der Waals surface area contributed by atoms with E-state index in [0.717, 1.165) is 0 Å². The number of H-pyrrole nitrogens is 3. The Hall–Kier alpha value is -5.02. The first-order valence-electron chi connectivity index (χ1n) is 9.33. The Kier molecular flexibility index (Phi) is 8.86. The highest BCUT2D eigenvalue weighted by Gasteiger charge is 2.13. The number of carbonyl (C=O) groups is 3. The molecule has 22 heteroatoms. The molecule has 3 amide bonds. The summed E-state index contributed by atoms with van der Waals surface area (Å²) in [6, 6.07) is 0. The molecule has 0 bridgehead atoms. The van der Waals surface area contributed by atoms with Crippen LogP contribution in [0.15, 0.2) is 0 Å². The van der Waals surface area contributed by atoms with Crippen molar-refractivity contribution in [2.75, 3.05) is 55.4 Å². The maximum absolute atomic E-state index is 11.7. The van der Waals surface area contributed by atoms with Crippen LogP contribution in [0.2, 0.25) is 0 Å². The summed E-state index contributed by atoms with van der Waals surface area (Å²) in [7, 11) is 0. The summed E-state index contributed by atoms with van der Waals surface area (Å²) in [5, 5.41) is 44.2. The molecule has 34 heavy (non-hydrogen) atoms. The van der Waals surface area contributed by atoms with E-state index in [1.54, 1.807) is 4.90 Å². The first-order chi connectivity index (χ1) is 16.6. The Labute approximate surface area is 187 Å². The third kappa shape index (κ3) is 8.61. The van der Waals surface area contributed by atoms with Crippen molar-refractivity contribution in [1.82, 2.24) is 66.8 Å². The lowest BCUT2D eigenvalue weighted by molar-refractivity contribution is 0.0996. The Morgan fingerprint density at radius 1 is 0.618 bits per heavy atom. The fourth-order valence-corrected chi connectivity index (χ4v) is 2.17. The van der Waals surface area contributed by atoms with Crippen LogP contribution in [-0.2, 0) is 14.2 Å². The van der Waals surface area contributed by atoms with Gasteiger partial charge in [0.25, 0.3) is 0 Å². The van der Waals surface area contributed by atoms with Crippen LogP contribution in [0.25, 0.3) is 0 Å². The lowest BCUT2D eigenvalue weighted by Crippen LogP contribution is -2.36. The van der Waals surface area contributed by atoms with Gasteiger partial charge in [-0.05, 0) is 31.3 Å². The summed E-state index contributed by atoms with van der Waals surface area (Å²) in [6.45, 7) is 0.528. The number of hydrogen-bond acceptors (Lipinski definition) is 16. The quantitative estimate of drug-likeness (QED) is 0.146. The topological polar surface area (TPSA) is 282 Å². The van der Waals surface area contributed by atoms with Crippen molar-refractivity contribution in [2.45, 2.75) is 0 Å². The standard InChI is InChI=1S/C12H18N16O6/c29-10(13-7-16-22-23-17-7)32-4-1-28(2-5-33-11(30)14-8-18-24-25-19-8)3-6-34-12(31)15-9-20-26-27-21-9/h1-6H2,(H2,13,16,17,22,23,29)(H2,14,18,19,24,25,30)(H2,15,20,21,26,27,31). The summed E-state index contributed by atoms with van der Waals surface area (Å²) >= 11 is 0. The largest absolute Gasteiger partial charge is 0.448 e. The van der Waals surface area contributed by atoms with Crippen molar-refractivity contribution in [2.24, 2.45) is 0 Å². The monoisotopic (exact) mass is 482 g/mol. The molecule has 3 heterocycles. The van der Waals surface area contributed by atoms with Crippen molar-refractivity contribution in [3.8, 4) is 0 Å². The third-order valence-electron chi connectivity index (χ3n) is 3.62. The molecule has 6 N–H and O–H groups in total. The Morgan fingerprint density at radius 2 is 0.941 bits per heavy atom. The van der Waals surface area contributed by atoms with Gasteiger partial charge in [-0.15, -0.1) is 0 Å². The minimum Gasteiger partial charge on any atom is -0.448 e. The molecule has 0 saturated carbocycles. The Bertz CT molecular complexity index is 865. The summed E-state index contributed by atoms with van der Waals surface area (Å²) < 4.78 is 15.1. The number of anilines is 3. The second-order valence-electron chi connectivity index (χ2n) is 5.87. The molecule has 182 valence electrons. The number of nitrogens with zero attached hydrogens (tertiary/aromatic N) is 10. The predicted octanol–water partition coefficient (Wildman–Crippen LogP) is -2.43. The normalized spacial score (nSPS) is 10.5. The van der Waals surface area contributed by atoms with E-state index in [1.807, 2.05) is 0 Å². The van der Waals surface area contributed by atoms with Gasteiger partial charge in [0.2, 0.25) is 17.8 Å². The van der Waals surface area contributed by atoms with E-state index in [0.29, 0.717) is 0 Å². The number of aromatic amines is 3. The number of nitrogens with one attached hydrogen (secondary N) is 6. The first-order valence-corrected chi connectivity index (χ1v) is 9.33. The number of ether oxygens (including phenoxy) is 3. The van der Waals surface area contributed by atoms with Gasteiger partial charge < -0.3 is 14.2 Å². The van der Waals surface area contributed by atoms with Gasteiger partial charge in [-0.1, -0.05) is 15.3 Å². The zero-order valence-electron chi connectivity index (χ0n) is 17.2. The van der Waals surface area contributed by atoms with E-state index in [9.17, 15) is 14.4 Å². The molecule has 0 aliphatic heterocycles. The zero-order chi connectivity index (χ0) is 24.0. The van der Waals surface area contributed by atoms with Gasteiger partial charge in [-0.2, -0.15) is 0 Å². The van der Waals surface area contributed by atoms with Gasteiger partial charge in [0, 0.05) is 19.6 Å². The highest BCUT2D eigenvalue weighted by molar-refractivity contribution is 5.82. The van der Waals surface area contributed by atoms with Crippen LogP contribution in [-0.4, -0.2) is 125 Å². The molecule has 0 atom stereocenters. The first kappa shape index (κ1) is 23.6. The van der Waals surface area contributed by atoms with Crippen molar-refractivity contribution in [1.29, 1.82) is 0 Å². The molecule has 22 nitrogen and oxygen atoms in total.